The number of thioether (sulfide) groups is 1. The second-order valence-electron chi connectivity index (χ2n) is 4.22. The van der Waals surface area contributed by atoms with Crippen LogP contribution < -0.4 is 0 Å². The Morgan fingerprint density at radius 2 is 2.05 bits per heavy atom. The van der Waals surface area contributed by atoms with Crippen LogP contribution in [0.1, 0.15) is 39.0 Å². The molecule has 0 aliphatic rings. The number of nitrogens with one attached hydrogen (secondary N) is 1. The number of methoxy groups -OCH3 is 1. The number of hydrogen-bond donors (Lipinski definition) is 2. The van der Waals surface area contributed by atoms with Crippen molar-refractivity contribution in [2.24, 2.45) is 0 Å². The van der Waals surface area contributed by atoms with Crippen molar-refractivity contribution < 1.29 is 19.4 Å². The highest BCUT2D eigenvalue weighted by atomic mass is 32.2. The zero-order chi connectivity index (χ0) is 14.6. The van der Waals surface area contributed by atoms with Crippen LogP contribution in [0.5, 0.6) is 0 Å². The fourth-order valence-electron chi connectivity index (χ4n) is 1.91. The monoisotopic (exact) mass is 285 g/mol. The highest BCUT2D eigenvalue weighted by Gasteiger charge is 2.25. The molecule has 106 valence electrons. The van der Waals surface area contributed by atoms with Crippen molar-refractivity contribution in [2.45, 2.75) is 26.0 Å². The predicted octanol–water partition coefficient (Wildman–Crippen LogP) is 1.71. The molecule has 0 amide bonds. The number of aliphatic hydroxyl groups is 1. The number of esters is 1. The number of ether oxygens (including phenoxy) is 1. The molecule has 0 spiro atoms. The summed E-state index contributed by atoms with van der Waals surface area (Å²) in [4.78, 5) is 26.9. The second kappa shape index (κ2) is 6.77. The van der Waals surface area contributed by atoms with E-state index in [1.54, 1.807) is 20.8 Å². The quantitative estimate of drug-likeness (QED) is 0.614. The summed E-state index contributed by atoms with van der Waals surface area (Å²) in [6.45, 7) is 5.29. The van der Waals surface area contributed by atoms with Crippen LogP contribution in [0.4, 0.5) is 0 Å². The topological polar surface area (TPSA) is 79.4 Å². The van der Waals surface area contributed by atoms with Crippen molar-refractivity contribution in [3.63, 3.8) is 0 Å². The number of aromatic amines is 1. The molecule has 1 aromatic heterocycles. The van der Waals surface area contributed by atoms with Crippen molar-refractivity contribution in [3.8, 4) is 0 Å². The zero-order valence-electron chi connectivity index (χ0n) is 11.6. The van der Waals surface area contributed by atoms with E-state index in [1.165, 1.54) is 18.9 Å². The molecular formula is C13H19NO4S. The van der Waals surface area contributed by atoms with E-state index in [2.05, 4.69) is 4.98 Å². The van der Waals surface area contributed by atoms with E-state index in [9.17, 15) is 9.59 Å². The maximum absolute atomic E-state index is 12.3. The van der Waals surface area contributed by atoms with Crippen LogP contribution in [0.3, 0.4) is 0 Å². The smallest absolute Gasteiger partial charge is 0.339 e. The summed E-state index contributed by atoms with van der Waals surface area (Å²) < 4.78 is 4.71. The number of aryl methyl sites for hydroxylation is 1. The Morgan fingerprint density at radius 1 is 1.42 bits per heavy atom. The molecule has 0 saturated carbocycles. The van der Waals surface area contributed by atoms with Crippen LogP contribution >= 0.6 is 11.8 Å². The zero-order valence-corrected chi connectivity index (χ0v) is 12.4. The summed E-state index contributed by atoms with van der Waals surface area (Å²) in [5.41, 5.74) is 2.11. The minimum atomic E-state index is -0.444. The van der Waals surface area contributed by atoms with E-state index < -0.39 is 5.97 Å². The summed E-state index contributed by atoms with van der Waals surface area (Å²) in [5.74, 6) is -0.00894. The van der Waals surface area contributed by atoms with Crippen molar-refractivity contribution in [2.75, 3.05) is 19.5 Å². The average Bonchev–Trinajstić information content (AvgIpc) is 2.69. The van der Waals surface area contributed by atoms with Crippen LogP contribution in [0.2, 0.25) is 0 Å². The van der Waals surface area contributed by atoms with E-state index in [0.29, 0.717) is 28.3 Å². The molecule has 0 saturated heterocycles. The summed E-state index contributed by atoms with van der Waals surface area (Å²) in [6, 6.07) is 0. The SMILES string of the molecule is COC(=O)c1c(C)[nH]c(C(=O)[C@H](C)SCCO)c1C. The fraction of sp³-hybridized carbons (Fsp3) is 0.538. The van der Waals surface area contributed by atoms with Crippen LogP contribution in [0, 0.1) is 13.8 Å². The number of rotatable bonds is 6. The molecule has 1 atom stereocenters. The molecule has 0 aliphatic carbocycles. The number of carbonyl (C=O) groups excluding carboxylic acids is 2. The number of hydrogen-bond acceptors (Lipinski definition) is 5. The van der Waals surface area contributed by atoms with Crippen molar-refractivity contribution in [3.05, 3.63) is 22.5 Å². The molecule has 2 N–H and O–H groups in total. The number of ketones is 1. The molecule has 0 unspecified atom stereocenters. The number of H-pyrrole nitrogens is 1. The van der Waals surface area contributed by atoms with Gasteiger partial charge in [0.1, 0.15) is 0 Å². The molecule has 0 aromatic carbocycles. The highest BCUT2D eigenvalue weighted by Crippen LogP contribution is 2.23. The maximum Gasteiger partial charge on any atom is 0.339 e. The van der Waals surface area contributed by atoms with Gasteiger partial charge >= 0.3 is 5.97 Å². The van der Waals surface area contributed by atoms with Crippen molar-refractivity contribution >= 4 is 23.5 Å². The number of aliphatic hydroxyl groups excluding tert-OH is 1. The molecule has 1 heterocycles. The summed E-state index contributed by atoms with van der Waals surface area (Å²) in [6.07, 6.45) is 0. The summed E-state index contributed by atoms with van der Waals surface area (Å²) >= 11 is 1.38. The van der Waals surface area contributed by atoms with Crippen molar-refractivity contribution in [1.82, 2.24) is 4.98 Å². The third-order valence-electron chi connectivity index (χ3n) is 2.90. The van der Waals surface area contributed by atoms with Crippen molar-refractivity contribution in [1.29, 1.82) is 0 Å². The Bertz CT molecular complexity index is 481. The number of aromatic nitrogens is 1. The third kappa shape index (κ3) is 3.39. The van der Waals surface area contributed by atoms with Gasteiger partial charge < -0.3 is 14.8 Å². The van der Waals surface area contributed by atoms with Gasteiger partial charge in [0, 0.05) is 11.4 Å². The van der Waals surface area contributed by atoms with Crippen LogP contribution in [0.25, 0.3) is 0 Å². The lowest BCUT2D eigenvalue weighted by atomic mass is 10.1. The van der Waals surface area contributed by atoms with Crippen LogP contribution in [-0.2, 0) is 4.74 Å². The van der Waals surface area contributed by atoms with Gasteiger partial charge in [0.05, 0.1) is 30.2 Å². The number of Topliss-reactive ketones (excluding diaryl/α,β-unsaturated/α-hetero) is 1. The molecule has 1 aromatic rings. The Labute approximate surface area is 116 Å². The normalized spacial score (nSPS) is 12.3. The molecule has 0 fully saturated rings. The lowest BCUT2D eigenvalue weighted by molar-refractivity contribution is 0.0599. The molecule has 5 nitrogen and oxygen atoms in total. The first-order valence-corrected chi connectivity index (χ1v) is 7.03. The lowest BCUT2D eigenvalue weighted by Gasteiger charge is -2.09. The Hall–Kier alpha value is -1.27. The van der Waals surface area contributed by atoms with Crippen LogP contribution in [0.15, 0.2) is 0 Å². The molecule has 0 aliphatic heterocycles. The Kier molecular flexibility index (Phi) is 5.62. The minimum Gasteiger partial charge on any atom is -0.465 e. The van der Waals surface area contributed by atoms with E-state index >= 15 is 0 Å². The summed E-state index contributed by atoms with van der Waals surface area (Å²) in [5, 5.41) is 8.50. The number of carbonyl (C=O) groups is 2. The predicted molar refractivity (Wildman–Crippen MR) is 74.9 cm³/mol. The van der Waals surface area contributed by atoms with Gasteiger partial charge in [-0.15, -0.1) is 11.8 Å². The van der Waals surface area contributed by atoms with E-state index in [4.69, 9.17) is 9.84 Å². The van der Waals surface area contributed by atoms with E-state index in [-0.39, 0.29) is 17.6 Å². The fourth-order valence-corrected chi connectivity index (χ4v) is 2.64. The Morgan fingerprint density at radius 3 is 2.58 bits per heavy atom. The van der Waals surface area contributed by atoms with Gasteiger partial charge in [-0.25, -0.2) is 4.79 Å². The van der Waals surface area contributed by atoms with Gasteiger partial charge in [-0.3, -0.25) is 4.79 Å². The second-order valence-corrected chi connectivity index (χ2v) is 5.67. The van der Waals surface area contributed by atoms with Gasteiger partial charge in [-0.2, -0.15) is 0 Å². The van der Waals surface area contributed by atoms with Gasteiger partial charge in [0.2, 0.25) is 0 Å². The maximum atomic E-state index is 12.3. The molecule has 6 heteroatoms. The first-order valence-electron chi connectivity index (χ1n) is 5.98. The Balaban J connectivity index is 3.02. The molecule has 0 bridgehead atoms. The highest BCUT2D eigenvalue weighted by molar-refractivity contribution is 8.00. The van der Waals surface area contributed by atoms with Gasteiger partial charge in [0.15, 0.2) is 5.78 Å². The largest absolute Gasteiger partial charge is 0.465 e. The standard InChI is InChI=1S/C13H19NO4S/c1-7-10(13(17)18-4)8(2)14-11(7)12(16)9(3)19-6-5-15/h9,14-15H,5-6H2,1-4H3/t9-/m0/s1. The van der Waals surface area contributed by atoms with Gasteiger partial charge in [-0.05, 0) is 26.3 Å². The van der Waals surface area contributed by atoms with Gasteiger partial charge in [0.25, 0.3) is 0 Å². The molecule has 0 radical (unpaired) electrons. The summed E-state index contributed by atoms with van der Waals surface area (Å²) in [7, 11) is 1.31. The first-order chi connectivity index (χ1) is 8.93. The van der Waals surface area contributed by atoms with E-state index in [0.717, 1.165) is 0 Å². The minimum absolute atomic E-state index is 0.0401. The average molecular weight is 285 g/mol. The van der Waals surface area contributed by atoms with Crippen LogP contribution in [-0.4, -0.2) is 46.6 Å². The third-order valence-corrected chi connectivity index (χ3v) is 4.03. The molecular weight excluding hydrogens is 266 g/mol. The van der Waals surface area contributed by atoms with E-state index in [1.807, 2.05) is 0 Å². The lowest BCUT2D eigenvalue weighted by Crippen LogP contribution is -2.16. The van der Waals surface area contributed by atoms with Gasteiger partial charge in [-0.1, -0.05) is 0 Å². The molecule has 19 heavy (non-hydrogen) atoms. The first kappa shape index (κ1) is 15.8. The molecule has 1 rings (SSSR count).